The Labute approximate surface area is 192 Å². The molecule has 2 aromatic rings. The molecule has 3 N–H and O–H groups in total. The van der Waals surface area contributed by atoms with E-state index < -0.39 is 33.0 Å². The highest BCUT2D eigenvalue weighted by molar-refractivity contribution is 7.82. The molecule has 170 valence electrons. The Morgan fingerprint density at radius 3 is 2.48 bits per heavy atom. The van der Waals surface area contributed by atoms with Crippen LogP contribution in [0.2, 0.25) is 0 Å². The molecule has 2 atom stereocenters. The topological polar surface area (TPSA) is 132 Å². The molecule has 0 saturated carbocycles. The molecule has 2 aromatic carbocycles. The number of aliphatic hydroxyl groups excluding tert-OH is 1. The Hall–Kier alpha value is -1.82. The van der Waals surface area contributed by atoms with Gasteiger partial charge in [0.05, 0.1) is 13.2 Å². The molecule has 1 heterocycles. The third kappa shape index (κ3) is 5.91. The molecule has 1 aliphatic heterocycles. The molecule has 0 fully saturated rings. The molecule has 0 bridgehead atoms. The summed E-state index contributed by atoms with van der Waals surface area (Å²) in [6, 6.07) is 6.68. The van der Waals surface area contributed by atoms with E-state index in [1.807, 2.05) is 0 Å². The summed E-state index contributed by atoms with van der Waals surface area (Å²) in [4.78, 5) is 0. The summed E-state index contributed by atoms with van der Waals surface area (Å²) >= 11 is 16.4. The second-order valence-electron chi connectivity index (χ2n) is 6.53. The molecule has 1 aliphatic rings. The van der Waals surface area contributed by atoms with Crippen LogP contribution in [0.4, 0.5) is 0 Å². The van der Waals surface area contributed by atoms with Crippen LogP contribution in [0.3, 0.4) is 0 Å². The lowest BCUT2D eigenvalue weighted by molar-refractivity contribution is 0.0197. The van der Waals surface area contributed by atoms with E-state index in [9.17, 15) is 23.7 Å². The minimum absolute atomic E-state index is 0.00455. The Morgan fingerprint density at radius 1 is 1.16 bits per heavy atom. The van der Waals surface area contributed by atoms with Gasteiger partial charge in [0.25, 0.3) is 0 Å². The largest absolute Gasteiger partial charge is 0.507 e. The number of methoxy groups -OCH3 is 1. The standard InChI is InChI=1S/C18H17Cl3O9S/c1-27-15-3-2-9(4-13(15)23)17-14(24)7-11-12(22)5-10(6-16(11)29-17)30-31(25,26)28-8-18(19,20)21/h2-6,14,17,22-24H,7-8H2,1H3/t14-,17-/m1/s1. The van der Waals surface area contributed by atoms with E-state index in [-0.39, 0.29) is 40.7 Å². The van der Waals surface area contributed by atoms with Crippen LogP contribution in [0.5, 0.6) is 28.7 Å². The van der Waals surface area contributed by atoms with Crippen LogP contribution in [-0.4, -0.2) is 47.4 Å². The molecule has 13 heteroatoms. The van der Waals surface area contributed by atoms with E-state index in [2.05, 4.69) is 4.18 Å². The van der Waals surface area contributed by atoms with E-state index >= 15 is 0 Å². The van der Waals surface area contributed by atoms with E-state index in [0.717, 1.165) is 6.07 Å². The summed E-state index contributed by atoms with van der Waals surface area (Å²) in [5, 5.41) is 30.7. The van der Waals surface area contributed by atoms with E-state index in [4.69, 9.17) is 48.5 Å². The van der Waals surface area contributed by atoms with Crippen LogP contribution >= 0.6 is 34.8 Å². The number of hydrogen-bond donors (Lipinski definition) is 3. The lowest BCUT2D eigenvalue weighted by Crippen LogP contribution is -2.30. The van der Waals surface area contributed by atoms with Gasteiger partial charge in [-0.05, 0) is 17.7 Å². The van der Waals surface area contributed by atoms with Crippen molar-refractivity contribution in [2.75, 3.05) is 13.7 Å². The molecule has 0 saturated heterocycles. The zero-order valence-corrected chi connectivity index (χ0v) is 18.9. The zero-order valence-electron chi connectivity index (χ0n) is 15.8. The van der Waals surface area contributed by atoms with Gasteiger partial charge in [-0.3, -0.25) is 0 Å². The molecule has 31 heavy (non-hydrogen) atoms. The first-order valence-corrected chi connectivity index (χ1v) is 11.1. The van der Waals surface area contributed by atoms with Crippen LogP contribution in [0.1, 0.15) is 17.2 Å². The Morgan fingerprint density at radius 2 is 1.87 bits per heavy atom. The van der Waals surface area contributed by atoms with Gasteiger partial charge in [0.1, 0.15) is 24.2 Å². The van der Waals surface area contributed by atoms with Gasteiger partial charge in [-0.2, -0.15) is 8.42 Å². The maximum atomic E-state index is 11.9. The molecule has 0 aromatic heterocycles. The lowest BCUT2D eigenvalue weighted by atomic mass is 9.94. The smallest absolute Gasteiger partial charge is 0.449 e. The number of benzene rings is 2. The predicted octanol–water partition coefficient (Wildman–Crippen LogP) is 3.15. The zero-order chi connectivity index (χ0) is 23.0. The van der Waals surface area contributed by atoms with Crippen molar-refractivity contribution in [3.05, 3.63) is 41.5 Å². The van der Waals surface area contributed by atoms with Crippen LogP contribution in [0, 0.1) is 0 Å². The Bertz CT molecular complexity index is 1070. The van der Waals surface area contributed by atoms with Crippen LogP contribution < -0.4 is 13.7 Å². The highest BCUT2D eigenvalue weighted by atomic mass is 35.6. The average molecular weight is 516 g/mol. The van der Waals surface area contributed by atoms with E-state index in [0.29, 0.717) is 5.56 Å². The summed E-state index contributed by atoms with van der Waals surface area (Å²) in [6.45, 7) is -0.789. The minimum Gasteiger partial charge on any atom is -0.507 e. The molecule has 0 radical (unpaired) electrons. The van der Waals surface area contributed by atoms with Crippen molar-refractivity contribution in [2.45, 2.75) is 22.4 Å². The number of ether oxygens (including phenoxy) is 2. The van der Waals surface area contributed by atoms with Crippen molar-refractivity contribution >= 4 is 45.2 Å². The second kappa shape index (κ2) is 8.97. The van der Waals surface area contributed by atoms with Crippen molar-refractivity contribution in [3.63, 3.8) is 0 Å². The number of rotatable bonds is 6. The van der Waals surface area contributed by atoms with Gasteiger partial charge in [0.15, 0.2) is 17.2 Å². The number of phenolic OH excluding ortho intramolecular Hbond substituents is 2. The maximum Gasteiger partial charge on any atom is 0.449 e. The van der Waals surface area contributed by atoms with Crippen molar-refractivity contribution in [2.24, 2.45) is 0 Å². The van der Waals surface area contributed by atoms with Crippen molar-refractivity contribution < 1.29 is 41.6 Å². The molecule has 9 nitrogen and oxygen atoms in total. The van der Waals surface area contributed by atoms with E-state index in [1.54, 1.807) is 6.07 Å². The average Bonchev–Trinajstić information content (AvgIpc) is 2.66. The Balaban J connectivity index is 1.85. The first-order valence-electron chi connectivity index (χ1n) is 8.61. The molecule has 0 aliphatic carbocycles. The van der Waals surface area contributed by atoms with Gasteiger partial charge < -0.3 is 29.0 Å². The number of alkyl halides is 3. The van der Waals surface area contributed by atoms with Gasteiger partial charge in [-0.25, -0.2) is 4.18 Å². The van der Waals surface area contributed by atoms with Gasteiger partial charge in [-0.1, -0.05) is 40.9 Å². The summed E-state index contributed by atoms with van der Waals surface area (Å²) < 4.78 is 41.9. The first-order chi connectivity index (χ1) is 14.4. The number of aromatic hydroxyl groups is 2. The number of halogens is 3. The summed E-state index contributed by atoms with van der Waals surface area (Å²) in [6.07, 6.45) is -1.99. The number of fused-ring (bicyclic) bond motifs is 1. The van der Waals surface area contributed by atoms with Crippen LogP contribution in [0.25, 0.3) is 0 Å². The van der Waals surface area contributed by atoms with Gasteiger partial charge in [-0.15, -0.1) is 0 Å². The monoisotopic (exact) mass is 514 g/mol. The third-order valence-corrected chi connectivity index (χ3v) is 5.40. The summed E-state index contributed by atoms with van der Waals surface area (Å²) in [5.74, 6) is -0.536. The third-order valence-electron chi connectivity index (χ3n) is 4.27. The van der Waals surface area contributed by atoms with Crippen molar-refractivity contribution in [1.82, 2.24) is 0 Å². The van der Waals surface area contributed by atoms with Gasteiger partial charge >= 0.3 is 10.4 Å². The van der Waals surface area contributed by atoms with Crippen LogP contribution in [0.15, 0.2) is 30.3 Å². The molecular weight excluding hydrogens is 499 g/mol. The van der Waals surface area contributed by atoms with E-state index in [1.165, 1.54) is 25.3 Å². The SMILES string of the molecule is COc1ccc([C@H]2Oc3cc(OS(=O)(=O)OCC(Cl)(Cl)Cl)cc(O)c3C[C@H]2O)cc1O. The van der Waals surface area contributed by atoms with Crippen molar-refractivity contribution in [1.29, 1.82) is 0 Å². The van der Waals surface area contributed by atoms with Gasteiger partial charge in [0.2, 0.25) is 3.79 Å². The normalized spacial score (nSPS) is 18.7. The molecule has 0 spiro atoms. The fourth-order valence-electron chi connectivity index (χ4n) is 2.95. The van der Waals surface area contributed by atoms with Crippen molar-refractivity contribution in [3.8, 4) is 28.7 Å². The fraction of sp³-hybridized carbons (Fsp3) is 0.333. The van der Waals surface area contributed by atoms with Gasteiger partial charge in [0, 0.05) is 24.1 Å². The Kier molecular flexibility index (Phi) is 6.90. The second-order valence-corrected chi connectivity index (χ2v) is 10.3. The maximum absolute atomic E-state index is 11.9. The molecule has 0 amide bonds. The van der Waals surface area contributed by atoms with Crippen LogP contribution in [-0.2, 0) is 21.0 Å². The fourth-order valence-corrected chi connectivity index (χ4v) is 4.01. The highest BCUT2D eigenvalue weighted by Gasteiger charge is 2.33. The predicted molar refractivity (Wildman–Crippen MR) is 112 cm³/mol. The first kappa shape index (κ1) is 23.8. The summed E-state index contributed by atoms with van der Waals surface area (Å²) in [7, 11) is -3.22. The molecular formula is C18H17Cl3O9S. The lowest BCUT2D eigenvalue weighted by Gasteiger charge is -2.31. The highest BCUT2D eigenvalue weighted by Crippen LogP contribution is 2.43. The number of aliphatic hydroxyl groups is 1. The minimum atomic E-state index is -4.62. The molecule has 0 unspecified atom stereocenters. The summed E-state index contributed by atoms with van der Waals surface area (Å²) in [5.41, 5.74) is 0.675. The molecule has 3 rings (SSSR count). The quantitative estimate of drug-likeness (QED) is 0.496. The number of hydrogen-bond acceptors (Lipinski definition) is 9. The number of phenols is 2.